The summed E-state index contributed by atoms with van der Waals surface area (Å²) < 4.78 is 19.5. The van der Waals surface area contributed by atoms with Crippen molar-refractivity contribution in [2.24, 2.45) is 5.92 Å². The summed E-state index contributed by atoms with van der Waals surface area (Å²) >= 11 is 0. The van der Waals surface area contributed by atoms with E-state index in [0.29, 0.717) is 36.5 Å². The third-order valence-corrected chi connectivity index (χ3v) is 4.67. The van der Waals surface area contributed by atoms with Gasteiger partial charge >= 0.3 is 0 Å². The molecule has 1 N–H and O–H groups in total. The van der Waals surface area contributed by atoms with Crippen molar-refractivity contribution in [3.8, 4) is 5.75 Å². The smallest absolute Gasteiger partial charge is 0.227 e. The minimum absolute atomic E-state index is 0.0173. The summed E-state index contributed by atoms with van der Waals surface area (Å²) in [6.45, 7) is 4.49. The van der Waals surface area contributed by atoms with Crippen LogP contribution in [0.4, 0.5) is 10.1 Å². The van der Waals surface area contributed by atoms with Crippen LogP contribution < -0.4 is 15.0 Å². The molecule has 1 heterocycles. The van der Waals surface area contributed by atoms with Gasteiger partial charge in [0.2, 0.25) is 11.8 Å². The first kappa shape index (κ1) is 19.9. The van der Waals surface area contributed by atoms with Gasteiger partial charge in [-0.05, 0) is 44.0 Å². The highest BCUT2D eigenvalue weighted by molar-refractivity contribution is 6.01. The van der Waals surface area contributed by atoms with Crippen LogP contribution in [0.3, 0.4) is 0 Å². The van der Waals surface area contributed by atoms with E-state index in [2.05, 4.69) is 5.32 Å². The Labute approximate surface area is 164 Å². The molecule has 1 aliphatic heterocycles. The Bertz CT molecular complexity index is 853. The van der Waals surface area contributed by atoms with Gasteiger partial charge in [0.25, 0.3) is 0 Å². The SMILES string of the molecule is CC(C)Oc1ccccc1N1CC(C(=O)NCCc2ccccc2F)CC1=O. The maximum atomic E-state index is 13.7. The van der Waals surface area contributed by atoms with Gasteiger partial charge in [0.05, 0.1) is 17.7 Å². The number of halogens is 1. The van der Waals surface area contributed by atoms with Crippen LogP contribution in [0.1, 0.15) is 25.8 Å². The molecule has 0 saturated carbocycles. The summed E-state index contributed by atoms with van der Waals surface area (Å²) in [5, 5.41) is 2.82. The van der Waals surface area contributed by atoms with E-state index in [1.165, 1.54) is 6.07 Å². The molecule has 2 aromatic carbocycles. The summed E-state index contributed by atoms with van der Waals surface area (Å²) in [5.74, 6) is -0.365. The molecule has 1 unspecified atom stereocenters. The number of anilines is 1. The lowest BCUT2D eigenvalue weighted by atomic mass is 10.1. The first-order valence-electron chi connectivity index (χ1n) is 9.53. The fourth-order valence-corrected chi connectivity index (χ4v) is 3.32. The van der Waals surface area contributed by atoms with E-state index < -0.39 is 5.92 Å². The number of nitrogens with one attached hydrogen (secondary N) is 1. The van der Waals surface area contributed by atoms with Crippen LogP contribution in [0, 0.1) is 11.7 Å². The third-order valence-electron chi connectivity index (χ3n) is 4.67. The average molecular weight is 384 g/mol. The van der Waals surface area contributed by atoms with Crippen molar-refractivity contribution < 1.29 is 18.7 Å². The molecule has 2 aromatic rings. The van der Waals surface area contributed by atoms with Gasteiger partial charge in [-0.3, -0.25) is 9.59 Å². The molecule has 1 atom stereocenters. The van der Waals surface area contributed by atoms with Gasteiger partial charge < -0.3 is 15.0 Å². The number of amides is 2. The number of nitrogens with zero attached hydrogens (tertiary/aromatic N) is 1. The monoisotopic (exact) mass is 384 g/mol. The third kappa shape index (κ3) is 4.68. The lowest BCUT2D eigenvalue weighted by molar-refractivity contribution is -0.126. The molecule has 148 valence electrons. The van der Waals surface area contributed by atoms with Gasteiger partial charge in [0.15, 0.2) is 0 Å². The van der Waals surface area contributed by atoms with Crippen LogP contribution in [0.5, 0.6) is 5.75 Å². The molecule has 0 aromatic heterocycles. The molecule has 1 aliphatic rings. The van der Waals surface area contributed by atoms with Gasteiger partial charge in [0, 0.05) is 19.5 Å². The Balaban J connectivity index is 1.60. The second-order valence-corrected chi connectivity index (χ2v) is 7.17. The van der Waals surface area contributed by atoms with E-state index in [4.69, 9.17) is 4.74 Å². The number of hydrogen-bond acceptors (Lipinski definition) is 3. The van der Waals surface area contributed by atoms with E-state index in [-0.39, 0.29) is 30.2 Å². The van der Waals surface area contributed by atoms with E-state index >= 15 is 0 Å². The van der Waals surface area contributed by atoms with Crippen LogP contribution >= 0.6 is 0 Å². The Hall–Kier alpha value is -2.89. The number of rotatable bonds is 7. The fraction of sp³-hybridized carbons (Fsp3) is 0.364. The lowest BCUT2D eigenvalue weighted by Crippen LogP contribution is -2.34. The van der Waals surface area contributed by atoms with Crippen molar-refractivity contribution in [1.29, 1.82) is 0 Å². The summed E-state index contributed by atoms with van der Waals surface area (Å²) in [4.78, 5) is 26.6. The van der Waals surface area contributed by atoms with Crippen molar-refractivity contribution >= 4 is 17.5 Å². The van der Waals surface area contributed by atoms with Crippen molar-refractivity contribution in [2.75, 3.05) is 18.0 Å². The predicted molar refractivity (Wildman–Crippen MR) is 106 cm³/mol. The molecule has 1 fully saturated rings. The zero-order chi connectivity index (χ0) is 20.1. The molecule has 0 spiro atoms. The van der Waals surface area contributed by atoms with Crippen LogP contribution in [-0.4, -0.2) is 31.0 Å². The van der Waals surface area contributed by atoms with Gasteiger partial charge in [-0.1, -0.05) is 30.3 Å². The number of para-hydroxylation sites is 2. The highest BCUT2D eigenvalue weighted by atomic mass is 19.1. The second-order valence-electron chi connectivity index (χ2n) is 7.17. The molecule has 1 saturated heterocycles. The predicted octanol–water partition coefficient (Wildman–Crippen LogP) is 3.32. The van der Waals surface area contributed by atoms with Gasteiger partial charge in [-0.25, -0.2) is 4.39 Å². The van der Waals surface area contributed by atoms with Crippen molar-refractivity contribution in [3.05, 3.63) is 59.9 Å². The number of benzene rings is 2. The number of carbonyl (C=O) groups is 2. The highest BCUT2D eigenvalue weighted by Gasteiger charge is 2.36. The van der Waals surface area contributed by atoms with Crippen molar-refractivity contribution in [3.63, 3.8) is 0 Å². The van der Waals surface area contributed by atoms with E-state index in [9.17, 15) is 14.0 Å². The Morgan fingerprint density at radius 3 is 2.68 bits per heavy atom. The first-order chi connectivity index (χ1) is 13.5. The van der Waals surface area contributed by atoms with E-state index in [1.807, 2.05) is 38.1 Å². The second kappa shape index (κ2) is 8.87. The summed E-state index contributed by atoms with van der Waals surface area (Å²) in [5.41, 5.74) is 1.24. The molecule has 5 nitrogen and oxygen atoms in total. The largest absolute Gasteiger partial charge is 0.489 e. The lowest BCUT2D eigenvalue weighted by Gasteiger charge is -2.21. The molecule has 0 aliphatic carbocycles. The number of carbonyl (C=O) groups excluding carboxylic acids is 2. The molecule has 3 rings (SSSR count). The fourth-order valence-electron chi connectivity index (χ4n) is 3.32. The zero-order valence-corrected chi connectivity index (χ0v) is 16.2. The first-order valence-corrected chi connectivity index (χ1v) is 9.53. The van der Waals surface area contributed by atoms with Crippen molar-refractivity contribution in [1.82, 2.24) is 5.32 Å². The Morgan fingerprint density at radius 2 is 1.93 bits per heavy atom. The normalized spacial score (nSPS) is 16.5. The van der Waals surface area contributed by atoms with E-state index in [0.717, 1.165) is 0 Å². The minimum atomic E-state index is -0.430. The summed E-state index contributed by atoms with van der Waals surface area (Å²) in [7, 11) is 0. The maximum absolute atomic E-state index is 13.7. The molecule has 0 radical (unpaired) electrons. The molecule has 28 heavy (non-hydrogen) atoms. The van der Waals surface area contributed by atoms with Gasteiger partial charge in [0.1, 0.15) is 11.6 Å². The molecule has 2 amide bonds. The number of hydrogen-bond donors (Lipinski definition) is 1. The van der Waals surface area contributed by atoms with Crippen LogP contribution in [0.2, 0.25) is 0 Å². The standard InChI is InChI=1S/C22H25FN2O3/c1-15(2)28-20-10-6-5-9-19(20)25-14-17(13-21(25)26)22(27)24-12-11-16-7-3-4-8-18(16)23/h3-10,15,17H,11-14H2,1-2H3,(H,24,27). The molecular weight excluding hydrogens is 359 g/mol. The highest BCUT2D eigenvalue weighted by Crippen LogP contribution is 2.33. The summed E-state index contributed by atoms with van der Waals surface area (Å²) in [6.07, 6.45) is 0.548. The molecule has 6 heteroatoms. The van der Waals surface area contributed by atoms with E-state index in [1.54, 1.807) is 23.1 Å². The molecular formula is C22H25FN2O3. The Morgan fingerprint density at radius 1 is 1.21 bits per heavy atom. The Kier molecular flexibility index (Phi) is 6.29. The zero-order valence-electron chi connectivity index (χ0n) is 16.2. The topological polar surface area (TPSA) is 58.6 Å². The quantitative estimate of drug-likeness (QED) is 0.797. The summed E-state index contributed by atoms with van der Waals surface area (Å²) in [6, 6.07) is 13.9. The van der Waals surface area contributed by atoms with Crippen LogP contribution in [0.15, 0.2) is 48.5 Å². The number of ether oxygens (including phenoxy) is 1. The maximum Gasteiger partial charge on any atom is 0.227 e. The van der Waals surface area contributed by atoms with Gasteiger partial charge in [-0.15, -0.1) is 0 Å². The average Bonchev–Trinajstić information content (AvgIpc) is 3.05. The van der Waals surface area contributed by atoms with Gasteiger partial charge in [-0.2, -0.15) is 0 Å². The minimum Gasteiger partial charge on any atom is -0.489 e. The van der Waals surface area contributed by atoms with Crippen molar-refractivity contribution in [2.45, 2.75) is 32.8 Å². The molecule has 0 bridgehead atoms. The van der Waals surface area contributed by atoms with Crippen LogP contribution in [0.25, 0.3) is 0 Å². The van der Waals surface area contributed by atoms with Crippen LogP contribution in [-0.2, 0) is 16.0 Å².